The monoisotopic (exact) mass is 192 g/mol. The third-order valence-electron chi connectivity index (χ3n) is 1.58. The zero-order valence-corrected chi connectivity index (χ0v) is 9.00. The van der Waals surface area contributed by atoms with Crippen LogP contribution in [0.5, 0.6) is 0 Å². The zero-order chi connectivity index (χ0) is 9.61. The summed E-state index contributed by atoms with van der Waals surface area (Å²) in [7, 11) is -3.33. The molecule has 0 aliphatic carbocycles. The van der Waals surface area contributed by atoms with Crippen molar-refractivity contribution in [3.63, 3.8) is 0 Å². The predicted molar refractivity (Wildman–Crippen MR) is 48.0 cm³/mol. The fourth-order valence-electron chi connectivity index (χ4n) is 0.908. The van der Waals surface area contributed by atoms with Gasteiger partial charge in [-0.3, -0.25) is 0 Å². The molecule has 12 heavy (non-hydrogen) atoms. The van der Waals surface area contributed by atoms with E-state index in [0.29, 0.717) is 19.6 Å². The maximum atomic E-state index is 11.8. The minimum atomic E-state index is -3.33. The number of hydrogen-bond donors (Lipinski definition) is 1. The van der Waals surface area contributed by atoms with Gasteiger partial charge in [0.15, 0.2) is 0 Å². The summed E-state index contributed by atoms with van der Waals surface area (Å²) >= 11 is 0. The number of rotatable bonds is 6. The van der Waals surface area contributed by atoms with Gasteiger partial charge in [-0.15, -0.1) is 0 Å². The lowest BCUT2D eigenvalue weighted by atomic mass is 10.5. The quantitative estimate of drug-likeness (QED) is 0.630. The molecular formula is C7H18NO3Si. The molecule has 1 radical (unpaired) electrons. The standard InChI is InChI=1S/C7H18NO3Si/c1-4-7(8)12(9,10-5-2)11-6-3/h7H,4-6,8H2,1-3H3. The fraction of sp³-hybridized carbons (Fsp3) is 1.00. The Labute approximate surface area is 75.0 Å². The molecule has 0 bridgehead atoms. The summed E-state index contributed by atoms with van der Waals surface area (Å²) in [5, 5.41) is 0. The van der Waals surface area contributed by atoms with Gasteiger partial charge >= 0.3 is 8.80 Å². The van der Waals surface area contributed by atoms with Crippen molar-refractivity contribution < 1.29 is 13.6 Å². The van der Waals surface area contributed by atoms with Crippen molar-refractivity contribution in [3.05, 3.63) is 0 Å². The van der Waals surface area contributed by atoms with Crippen molar-refractivity contribution in [2.75, 3.05) is 13.2 Å². The minimum Gasteiger partial charge on any atom is -0.372 e. The molecule has 0 aliphatic heterocycles. The molecule has 0 spiro atoms. The van der Waals surface area contributed by atoms with Crippen LogP contribution < -0.4 is 5.73 Å². The molecule has 0 rings (SSSR count). The van der Waals surface area contributed by atoms with Gasteiger partial charge in [0.05, 0.1) is 5.67 Å². The highest BCUT2D eigenvalue weighted by molar-refractivity contribution is 6.60. The highest BCUT2D eigenvalue weighted by Crippen LogP contribution is 2.10. The van der Waals surface area contributed by atoms with Crippen LogP contribution in [0.1, 0.15) is 27.2 Å². The maximum Gasteiger partial charge on any atom is 0.546 e. The molecule has 4 nitrogen and oxygen atoms in total. The SMILES string of the molecule is CCO[Si]([O])(OCC)C(N)CC. The molecule has 73 valence electrons. The summed E-state index contributed by atoms with van der Waals surface area (Å²) in [6.45, 7) is 6.18. The smallest absolute Gasteiger partial charge is 0.372 e. The van der Waals surface area contributed by atoms with Gasteiger partial charge in [-0.2, -0.15) is 0 Å². The van der Waals surface area contributed by atoms with Gasteiger partial charge in [0.25, 0.3) is 0 Å². The molecule has 0 saturated carbocycles. The normalized spacial score (nSPS) is 14.8. The van der Waals surface area contributed by atoms with Gasteiger partial charge in [0, 0.05) is 13.2 Å². The molecular weight excluding hydrogens is 174 g/mol. The Morgan fingerprint density at radius 1 is 1.25 bits per heavy atom. The van der Waals surface area contributed by atoms with Gasteiger partial charge in [-0.05, 0) is 20.3 Å². The lowest BCUT2D eigenvalue weighted by Gasteiger charge is -2.25. The first-order valence-electron chi connectivity index (χ1n) is 4.34. The van der Waals surface area contributed by atoms with Gasteiger partial charge in [0.1, 0.15) is 0 Å². The van der Waals surface area contributed by atoms with Crippen molar-refractivity contribution in [1.29, 1.82) is 0 Å². The van der Waals surface area contributed by atoms with Crippen LogP contribution >= 0.6 is 0 Å². The largest absolute Gasteiger partial charge is 0.546 e. The van der Waals surface area contributed by atoms with Crippen LogP contribution in [0.15, 0.2) is 0 Å². The highest BCUT2D eigenvalue weighted by atomic mass is 28.4. The Morgan fingerprint density at radius 2 is 1.67 bits per heavy atom. The van der Waals surface area contributed by atoms with Crippen LogP contribution in [-0.4, -0.2) is 27.7 Å². The van der Waals surface area contributed by atoms with Gasteiger partial charge in [-0.25, -0.2) is 4.80 Å². The Balaban J connectivity index is 4.15. The molecule has 0 fully saturated rings. The van der Waals surface area contributed by atoms with Crippen molar-refractivity contribution in [2.24, 2.45) is 5.73 Å². The van der Waals surface area contributed by atoms with E-state index < -0.39 is 14.5 Å². The lowest BCUT2D eigenvalue weighted by Crippen LogP contribution is -2.57. The van der Waals surface area contributed by atoms with E-state index in [2.05, 4.69) is 0 Å². The van der Waals surface area contributed by atoms with Crippen LogP contribution in [0.4, 0.5) is 0 Å². The van der Waals surface area contributed by atoms with Crippen LogP contribution in [0.2, 0.25) is 0 Å². The van der Waals surface area contributed by atoms with Crippen LogP contribution in [-0.2, 0) is 13.6 Å². The predicted octanol–water partition coefficient (Wildman–Crippen LogP) is 0.705. The van der Waals surface area contributed by atoms with E-state index in [9.17, 15) is 4.80 Å². The molecule has 0 aromatic rings. The van der Waals surface area contributed by atoms with E-state index in [4.69, 9.17) is 14.6 Å². The van der Waals surface area contributed by atoms with Gasteiger partial charge in [-0.1, -0.05) is 6.92 Å². The molecule has 0 heterocycles. The summed E-state index contributed by atoms with van der Waals surface area (Å²) in [5.74, 6) is 0. The molecule has 0 amide bonds. The molecule has 0 aliphatic rings. The van der Waals surface area contributed by atoms with Crippen molar-refractivity contribution in [3.8, 4) is 0 Å². The van der Waals surface area contributed by atoms with Crippen LogP contribution in [0.25, 0.3) is 0 Å². The molecule has 0 aromatic heterocycles. The minimum absolute atomic E-state index is 0.378. The number of hydrogen-bond acceptors (Lipinski definition) is 3. The second-order valence-corrected chi connectivity index (χ2v) is 5.01. The fourth-order valence-corrected chi connectivity index (χ4v) is 2.72. The average Bonchev–Trinajstić information content (AvgIpc) is 2.04. The summed E-state index contributed by atoms with van der Waals surface area (Å²) in [6, 6.07) is 0. The van der Waals surface area contributed by atoms with Crippen LogP contribution in [0.3, 0.4) is 0 Å². The summed E-state index contributed by atoms with van der Waals surface area (Å²) < 4.78 is 10.1. The molecule has 0 saturated heterocycles. The van der Waals surface area contributed by atoms with Crippen molar-refractivity contribution in [2.45, 2.75) is 32.9 Å². The van der Waals surface area contributed by atoms with E-state index >= 15 is 0 Å². The first-order valence-corrected chi connectivity index (χ1v) is 6.14. The topological polar surface area (TPSA) is 64.4 Å². The second-order valence-electron chi connectivity index (χ2n) is 2.48. The molecule has 1 unspecified atom stereocenters. The van der Waals surface area contributed by atoms with E-state index in [1.807, 2.05) is 6.92 Å². The van der Waals surface area contributed by atoms with E-state index in [1.165, 1.54) is 0 Å². The Morgan fingerprint density at radius 3 is 1.92 bits per heavy atom. The second kappa shape index (κ2) is 5.66. The third kappa shape index (κ3) is 3.20. The van der Waals surface area contributed by atoms with Gasteiger partial charge < -0.3 is 14.6 Å². The van der Waals surface area contributed by atoms with E-state index in [1.54, 1.807) is 13.8 Å². The molecule has 0 aromatic carbocycles. The first-order chi connectivity index (χ1) is 5.60. The molecule has 1 atom stereocenters. The molecule has 2 N–H and O–H groups in total. The highest BCUT2D eigenvalue weighted by Gasteiger charge is 2.45. The summed E-state index contributed by atoms with van der Waals surface area (Å²) in [4.78, 5) is 11.8. The summed E-state index contributed by atoms with van der Waals surface area (Å²) in [6.07, 6.45) is 0.607. The average molecular weight is 192 g/mol. The van der Waals surface area contributed by atoms with E-state index in [0.717, 1.165) is 0 Å². The van der Waals surface area contributed by atoms with Crippen molar-refractivity contribution in [1.82, 2.24) is 0 Å². The third-order valence-corrected chi connectivity index (χ3v) is 4.28. The Bertz CT molecular complexity index is 117. The Hall–Kier alpha value is 0.0569. The lowest BCUT2D eigenvalue weighted by molar-refractivity contribution is 0.0714. The van der Waals surface area contributed by atoms with Crippen molar-refractivity contribution >= 4 is 8.80 Å². The molecule has 5 heteroatoms. The van der Waals surface area contributed by atoms with E-state index in [-0.39, 0.29) is 0 Å². The van der Waals surface area contributed by atoms with Crippen LogP contribution in [0, 0.1) is 0 Å². The number of nitrogens with two attached hydrogens (primary N) is 1. The Kier molecular flexibility index (Phi) is 5.69. The maximum absolute atomic E-state index is 11.8. The zero-order valence-electron chi connectivity index (χ0n) is 8.00. The summed E-state index contributed by atoms with van der Waals surface area (Å²) in [5.41, 5.74) is 5.15. The first kappa shape index (κ1) is 12.1. The van der Waals surface area contributed by atoms with Gasteiger partial charge in [0.2, 0.25) is 0 Å².